The molecule has 1 aliphatic rings. The molecule has 0 unspecified atom stereocenters. The van der Waals surface area contributed by atoms with Gasteiger partial charge in [0.05, 0.1) is 5.69 Å². The lowest BCUT2D eigenvalue weighted by atomic mass is 10.1. The van der Waals surface area contributed by atoms with Gasteiger partial charge in [0.25, 0.3) is 0 Å². The van der Waals surface area contributed by atoms with Gasteiger partial charge < -0.3 is 9.80 Å². The van der Waals surface area contributed by atoms with E-state index < -0.39 is 0 Å². The molecule has 23 heavy (non-hydrogen) atoms. The predicted molar refractivity (Wildman–Crippen MR) is 95.1 cm³/mol. The average molecular weight is 304 g/mol. The number of aryl methyl sites for hydroxylation is 1. The largest absolute Gasteiger partial charge is 0.368 e. The lowest BCUT2D eigenvalue weighted by molar-refractivity contribution is 0.645. The first kappa shape index (κ1) is 14.0. The number of aromatic nitrogens is 2. The van der Waals surface area contributed by atoms with Crippen molar-refractivity contribution in [3.8, 4) is 0 Å². The molecule has 116 valence electrons. The summed E-state index contributed by atoms with van der Waals surface area (Å²) >= 11 is 0. The van der Waals surface area contributed by atoms with Gasteiger partial charge in [-0.05, 0) is 19.1 Å². The Bertz CT molecular complexity index is 808. The van der Waals surface area contributed by atoms with E-state index in [0.29, 0.717) is 0 Å². The zero-order valence-corrected chi connectivity index (χ0v) is 13.3. The fourth-order valence-electron chi connectivity index (χ4n) is 3.27. The van der Waals surface area contributed by atoms with Gasteiger partial charge in [-0.25, -0.2) is 0 Å². The summed E-state index contributed by atoms with van der Waals surface area (Å²) in [5, 5.41) is 11.2. The van der Waals surface area contributed by atoms with Crippen LogP contribution in [-0.4, -0.2) is 36.4 Å². The average Bonchev–Trinajstić information content (AvgIpc) is 2.63. The lowest BCUT2D eigenvalue weighted by Gasteiger charge is -2.37. The number of nitrogens with zero attached hydrogens (tertiary/aromatic N) is 4. The maximum absolute atomic E-state index is 4.49. The first-order chi connectivity index (χ1) is 11.3. The van der Waals surface area contributed by atoms with Crippen LogP contribution in [0.2, 0.25) is 0 Å². The van der Waals surface area contributed by atoms with Crippen molar-refractivity contribution in [2.24, 2.45) is 0 Å². The fraction of sp³-hybridized carbons (Fsp3) is 0.263. The Morgan fingerprint density at radius 3 is 2.04 bits per heavy atom. The van der Waals surface area contributed by atoms with Gasteiger partial charge in [0, 0.05) is 42.6 Å². The molecule has 0 radical (unpaired) electrons. The third-order valence-electron chi connectivity index (χ3n) is 4.55. The second-order valence-corrected chi connectivity index (χ2v) is 5.96. The molecule has 0 spiro atoms. The van der Waals surface area contributed by atoms with Crippen molar-refractivity contribution in [2.75, 3.05) is 36.0 Å². The van der Waals surface area contributed by atoms with E-state index in [2.05, 4.69) is 74.6 Å². The van der Waals surface area contributed by atoms with Crippen LogP contribution in [0.4, 0.5) is 11.5 Å². The molecule has 2 aromatic carbocycles. The summed E-state index contributed by atoms with van der Waals surface area (Å²) in [6.07, 6.45) is 0. The molecule has 0 aliphatic carbocycles. The Kier molecular flexibility index (Phi) is 3.58. The highest BCUT2D eigenvalue weighted by Gasteiger charge is 2.20. The lowest BCUT2D eigenvalue weighted by Crippen LogP contribution is -2.47. The van der Waals surface area contributed by atoms with Gasteiger partial charge in [-0.1, -0.05) is 42.5 Å². The SMILES string of the molecule is Cc1nnc(N2CCN(c3ccccc3)CC2)c2ccccc12. The molecule has 3 aromatic rings. The molecule has 1 saturated heterocycles. The van der Waals surface area contributed by atoms with Crippen molar-refractivity contribution in [2.45, 2.75) is 6.92 Å². The highest BCUT2D eigenvalue weighted by molar-refractivity contribution is 5.93. The van der Waals surface area contributed by atoms with E-state index in [1.165, 1.54) is 16.5 Å². The number of piperazine rings is 1. The molecule has 1 aliphatic heterocycles. The Balaban J connectivity index is 1.58. The summed E-state index contributed by atoms with van der Waals surface area (Å²) < 4.78 is 0. The third-order valence-corrected chi connectivity index (χ3v) is 4.55. The van der Waals surface area contributed by atoms with Crippen LogP contribution >= 0.6 is 0 Å². The summed E-state index contributed by atoms with van der Waals surface area (Å²) in [5.41, 5.74) is 2.29. The van der Waals surface area contributed by atoms with Crippen molar-refractivity contribution in [3.05, 3.63) is 60.3 Å². The molecule has 4 nitrogen and oxygen atoms in total. The third kappa shape index (κ3) is 2.61. The first-order valence-corrected chi connectivity index (χ1v) is 8.10. The molecule has 4 rings (SSSR count). The highest BCUT2D eigenvalue weighted by Crippen LogP contribution is 2.27. The number of fused-ring (bicyclic) bond motifs is 1. The van der Waals surface area contributed by atoms with E-state index in [9.17, 15) is 0 Å². The summed E-state index contributed by atoms with van der Waals surface area (Å²) in [5.74, 6) is 1.01. The van der Waals surface area contributed by atoms with Crippen LogP contribution in [0.5, 0.6) is 0 Å². The minimum atomic E-state index is 0.969. The number of anilines is 2. The van der Waals surface area contributed by atoms with Crippen LogP contribution in [0.25, 0.3) is 10.8 Å². The second kappa shape index (κ2) is 5.88. The number of benzene rings is 2. The molecule has 0 bridgehead atoms. The van der Waals surface area contributed by atoms with Crippen LogP contribution in [0, 0.1) is 6.92 Å². The molecular weight excluding hydrogens is 284 g/mol. The molecule has 0 N–H and O–H groups in total. The van der Waals surface area contributed by atoms with Crippen LogP contribution in [0.15, 0.2) is 54.6 Å². The second-order valence-electron chi connectivity index (χ2n) is 5.96. The fourth-order valence-corrected chi connectivity index (χ4v) is 3.27. The van der Waals surface area contributed by atoms with Crippen molar-refractivity contribution in [3.63, 3.8) is 0 Å². The van der Waals surface area contributed by atoms with Gasteiger partial charge in [-0.2, -0.15) is 5.10 Å². The van der Waals surface area contributed by atoms with Crippen LogP contribution in [-0.2, 0) is 0 Å². The molecular formula is C19H20N4. The van der Waals surface area contributed by atoms with E-state index in [4.69, 9.17) is 0 Å². The number of rotatable bonds is 2. The Hall–Kier alpha value is -2.62. The van der Waals surface area contributed by atoms with Crippen molar-refractivity contribution < 1.29 is 0 Å². The Morgan fingerprint density at radius 1 is 0.696 bits per heavy atom. The van der Waals surface area contributed by atoms with Gasteiger partial charge in [0.15, 0.2) is 5.82 Å². The molecule has 1 fully saturated rings. The topological polar surface area (TPSA) is 32.3 Å². The van der Waals surface area contributed by atoms with Gasteiger partial charge in [0.1, 0.15) is 0 Å². The van der Waals surface area contributed by atoms with E-state index >= 15 is 0 Å². The molecule has 0 amide bonds. The summed E-state index contributed by atoms with van der Waals surface area (Å²) in [7, 11) is 0. The van der Waals surface area contributed by atoms with Crippen molar-refractivity contribution in [1.82, 2.24) is 10.2 Å². The molecule has 4 heteroatoms. The maximum Gasteiger partial charge on any atom is 0.159 e. The smallest absolute Gasteiger partial charge is 0.159 e. The Labute approximate surface area is 136 Å². The standard InChI is InChI=1S/C19H20N4/c1-15-17-9-5-6-10-18(17)19(21-20-15)23-13-11-22(12-14-23)16-7-3-2-4-8-16/h2-10H,11-14H2,1H3. The number of hydrogen-bond acceptors (Lipinski definition) is 4. The van der Waals surface area contributed by atoms with Crippen LogP contribution < -0.4 is 9.80 Å². The number of hydrogen-bond donors (Lipinski definition) is 0. The summed E-state index contributed by atoms with van der Waals surface area (Å²) in [6, 6.07) is 19.0. The molecule has 1 aromatic heterocycles. The minimum absolute atomic E-state index is 0.969. The van der Waals surface area contributed by atoms with Crippen LogP contribution in [0.1, 0.15) is 5.69 Å². The number of para-hydroxylation sites is 1. The quantitative estimate of drug-likeness (QED) is 0.727. The van der Waals surface area contributed by atoms with E-state index in [0.717, 1.165) is 37.7 Å². The normalized spacial score (nSPS) is 15.2. The molecule has 2 heterocycles. The predicted octanol–water partition coefficient (Wildman–Crippen LogP) is 3.26. The molecule has 0 saturated carbocycles. The van der Waals surface area contributed by atoms with Gasteiger partial charge in [-0.3, -0.25) is 0 Å². The maximum atomic E-state index is 4.49. The zero-order valence-electron chi connectivity index (χ0n) is 13.3. The van der Waals surface area contributed by atoms with E-state index in [1.54, 1.807) is 0 Å². The zero-order chi connectivity index (χ0) is 15.6. The summed E-state index contributed by atoms with van der Waals surface area (Å²) in [6.45, 7) is 5.97. The minimum Gasteiger partial charge on any atom is -0.368 e. The Morgan fingerprint density at radius 2 is 1.30 bits per heavy atom. The van der Waals surface area contributed by atoms with Crippen molar-refractivity contribution in [1.29, 1.82) is 0 Å². The monoisotopic (exact) mass is 304 g/mol. The van der Waals surface area contributed by atoms with Gasteiger partial charge in [0.2, 0.25) is 0 Å². The van der Waals surface area contributed by atoms with Crippen LogP contribution in [0.3, 0.4) is 0 Å². The summed E-state index contributed by atoms with van der Waals surface area (Å²) in [4.78, 5) is 4.79. The van der Waals surface area contributed by atoms with Crippen molar-refractivity contribution >= 4 is 22.3 Å². The highest BCUT2D eigenvalue weighted by atomic mass is 15.3. The van der Waals surface area contributed by atoms with Gasteiger partial charge >= 0.3 is 0 Å². The van der Waals surface area contributed by atoms with E-state index in [-0.39, 0.29) is 0 Å². The van der Waals surface area contributed by atoms with E-state index in [1.807, 2.05) is 6.92 Å². The molecule has 0 atom stereocenters. The first-order valence-electron chi connectivity index (χ1n) is 8.10. The van der Waals surface area contributed by atoms with Gasteiger partial charge in [-0.15, -0.1) is 5.10 Å².